The van der Waals surface area contributed by atoms with E-state index in [1.165, 1.54) is 6.08 Å². The SMILES string of the molecule is Cc1c(CCC(=O)O)ccc2c1=CC(=O)N=2. The highest BCUT2D eigenvalue weighted by molar-refractivity contribution is 6.06. The first-order chi connectivity index (χ1) is 7.58. The van der Waals surface area contributed by atoms with Gasteiger partial charge in [-0.2, -0.15) is 0 Å². The van der Waals surface area contributed by atoms with Crippen molar-refractivity contribution in [1.29, 1.82) is 0 Å². The van der Waals surface area contributed by atoms with Crippen LogP contribution in [0, 0.1) is 6.92 Å². The molecular weight excluding hydrogens is 206 g/mol. The van der Waals surface area contributed by atoms with Crippen molar-refractivity contribution in [3.05, 3.63) is 33.8 Å². The maximum absolute atomic E-state index is 11.1. The summed E-state index contributed by atoms with van der Waals surface area (Å²) in [4.78, 5) is 25.4. The molecule has 1 aliphatic heterocycles. The maximum atomic E-state index is 11.1. The van der Waals surface area contributed by atoms with Crippen LogP contribution < -0.4 is 10.6 Å². The molecule has 2 rings (SSSR count). The van der Waals surface area contributed by atoms with E-state index >= 15 is 0 Å². The van der Waals surface area contributed by atoms with Crippen molar-refractivity contribution >= 4 is 18.0 Å². The van der Waals surface area contributed by atoms with Gasteiger partial charge in [0, 0.05) is 17.7 Å². The summed E-state index contributed by atoms with van der Waals surface area (Å²) >= 11 is 0. The fourth-order valence-corrected chi connectivity index (χ4v) is 1.83. The second-order valence-electron chi connectivity index (χ2n) is 3.77. The van der Waals surface area contributed by atoms with Gasteiger partial charge in [-0.15, -0.1) is 0 Å². The standard InChI is InChI=1S/C12H11NO3/c1-7-8(3-5-12(15)16)2-4-10-9(7)6-11(14)13-10/h2,4,6H,3,5H2,1H3,(H,15,16). The van der Waals surface area contributed by atoms with Gasteiger partial charge in [-0.05, 0) is 30.5 Å². The lowest BCUT2D eigenvalue weighted by molar-refractivity contribution is -0.137. The van der Waals surface area contributed by atoms with E-state index in [-0.39, 0.29) is 12.3 Å². The molecule has 0 saturated carbocycles. The number of benzene rings is 1. The van der Waals surface area contributed by atoms with Gasteiger partial charge in [0.25, 0.3) is 5.91 Å². The molecule has 82 valence electrons. The highest BCUT2D eigenvalue weighted by Gasteiger charge is 2.09. The molecule has 0 spiro atoms. The van der Waals surface area contributed by atoms with Crippen LogP contribution in [0.3, 0.4) is 0 Å². The van der Waals surface area contributed by atoms with Crippen LogP contribution in [0.1, 0.15) is 17.5 Å². The number of aryl methyl sites for hydroxylation is 1. The van der Waals surface area contributed by atoms with Crippen LogP contribution in [0.15, 0.2) is 17.1 Å². The Kier molecular flexibility index (Phi) is 2.56. The Bertz CT molecular complexity index is 587. The predicted molar refractivity (Wildman–Crippen MR) is 57.4 cm³/mol. The van der Waals surface area contributed by atoms with E-state index in [0.29, 0.717) is 11.8 Å². The van der Waals surface area contributed by atoms with Crippen molar-refractivity contribution in [3.63, 3.8) is 0 Å². The fourth-order valence-electron chi connectivity index (χ4n) is 1.83. The number of hydrogen-bond acceptors (Lipinski definition) is 2. The van der Waals surface area contributed by atoms with Crippen LogP contribution in [0.2, 0.25) is 0 Å². The van der Waals surface area contributed by atoms with Gasteiger partial charge >= 0.3 is 5.97 Å². The van der Waals surface area contributed by atoms with Gasteiger partial charge < -0.3 is 5.11 Å². The van der Waals surface area contributed by atoms with Gasteiger partial charge in [0.1, 0.15) is 0 Å². The molecule has 1 amide bonds. The number of nitrogens with zero attached hydrogens (tertiary/aromatic N) is 1. The molecule has 0 saturated heterocycles. The molecule has 0 unspecified atom stereocenters. The summed E-state index contributed by atoms with van der Waals surface area (Å²) in [5, 5.41) is 10.1. The second kappa shape index (κ2) is 3.89. The van der Waals surface area contributed by atoms with Crippen molar-refractivity contribution in [2.75, 3.05) is 0 Å². The van der Waals surface area contributed by atoms with Gasteiger partial charge in [0.05, 0.1) is 5.36 Å². The summed E-state index contributed by atoms with van der Waals surface area (Å²) in [6.45, 7) is 1.89. The van der Waals surface area contributed by atoms with Crippen LogP contribution in [-0.4, -0.2) is 17.0 Å². The van der Waals surface area contributed by atoms with Gasteiger partial charge in [-0.25, -0.2) is 4.99 Å². The Balaban J connectivity index is 2.42. The lowest BCUT2D eigenvalue weighted by Crippen LogP contribution is -2.25. The largest absolute Gasteiger partial charge is 0.481 e. The first-order valence-corrected chi connectivity index (χ1v) is 5.02. The van der Waals surface area contributed by atoms with Crippen LogP contribution in [0.25, 0.3) is 6.08 Å². The molecule has 0 aliphatic carbocycles. The number of carboxylic acid groups (broad SMARTS) is 1. The molecule has 0 bridgehead atoms. The quantitative estimate of drug-likeness (QED) is 0.772. The Morgan fingerprint density at radius 3 is 2.88 bits per heavy atom. The Morgan fingerprint density at radius 2 is 2.19 bits per heavy atom. The zero-order chi connectivity index (χ0) is 11.7. The monoisotopic (exact) mass is 217 g/mol. The highest BCUT2D eigenvalue weighted by atomic mass is 16.4. The first kappa shape index (κ1) is 10.5. The van der Waals surface area contributed by atoms with Gasteiger partial charge in [-0.3, -0.25) is 9.59 Å². The van der Waals surface area contributed by atoms with E-state index in [1.807, 2.05) is 13.0 Å². The van der Waals surface area contributed by atoms with E-state index in [1.54, 1.807) is 6.07 Å². The predicted octanol–water partition coefficient (Wildman–Crippen LogP) is -0.0475. The lowest BCUT2D eigenvalue weighted by atomic mass is 10.0. The van der Waals surface area contributed by atoms with Crippen molar-refractivity contribution in [2.24, 2.45) is 4.99 Å². The normalized spacial score (nSPS) is 12.9. The summed E-state index contributed by atoms with van der Waals surface area (Å²) < 4.78 is 0. The number of rotatable bonds is 3. The van der Waals surface area contributed by atoms with Gasteiger partial charge in [0.2, 0.25) is 0 Å². The molecule has 4 heteroatoms. The van der Waals surface area contributed by atoms with E-state index < -0.39 is 5.97 Å². The summed E-state index contributed by atoms with van der Waals surface area (Å²) in [6.07, 6.45) is 2.08. The topological polar surface area (TPSA) is 66.7 Å². The van der Waals surface area contributed by atoms with Crippen LogP contribution >= 0.6 is 0 Å². The summed E-state index contributed by atoms with van der Waals surface area (Å²) in [6, 6.07) is 3.61. The third-order valence-electron chi connectivity index (χ3n) is 2.71. The number of hydrogen-bond donors (Lipinski definition) is 1. The Morgan fingerprint density at radius 1 is 1.44 bits per heavy atom. The fraction of sp³-hybridized carbons (Fsp3) is 0.250. The van der Waals surface area contributed by atoms with E-state index in [9.17, 15) is 9.59 Å². The molecular formula is C12H11NO3. The third-order valence-corrected chi connectivity index (χ3v) is 2.71. The smallest absolute Gasteiger partial charge is 0.303 e. The van der Waals surface area contributed by atoms with Crippen LogP contribution in [0.4, 0.5) is 0 Å². The molecule has 1 aromatic carbocycles. The third kappa shape index (κ3) is 1.86. The van der Waals surface area contributed by atoms with Crippen molar-refractivity contribution in [3.8, 4) is 0 Å². The molecule has 1 aromatic rings. The first-order valence-electron chi connectivity index (χ1n) is 5.02. The Hall–Kier alpha value is -1.97. The minimum Gasteiger partial charge on any atom is -0.481 e. The number of carboxylic acids is 1. The number of carbonyl (C=O) groups is 2. The highest BCUT2D eigenvalue weighted by Crippen LogP contribution is 2.05. The lowest BCUT2D eigenvalue weighted by Gasteiger charge is -2.03. The van der Waals surface area contributed by atoms with Crippen molar-refractivity contribution in [2.45, 2.75) is 19.8 Å². The number of amides is 1. The molecule has 1 N–H and O–H groups in total. The van der Waals surface area contributed by atoms with Gasteiger partial charge in [0.15, 0.2) is 0 Å². The van der Waals surface area contributed by atoms with Crippen LogP contribution in [-0.2, 0) is 16.0 Å². The Labute approximate surface area is 91.9 Å². The number of carbonyl (C=O) groups excluding carboxylic acids is 1. The molecule has 1 aliphatic rings. The van der Waals surface area contributed by atoms with E-state index in [2.05, 4.69) is 4.99 Å². The molecule has 0 aromatic heterocycles. The van der Waals surface area contributed by atoms with E-state index in [0.717, 1.165) is 16.3 Å². The minimum atomic E-state index is -0.815. The number of aliphatic carboxylic acids is 1. The number of fused-ring (bicyclic) bond motifs is 1. The minimum absolute atomic E-state index is 0.102. The van der Waals surface area contributed by atoms with E-state index in [4.69, 9.17) is 5.11 Å². The molecule has 1 heterocycles. The zero-order valence-corrected chi connectivity index (χ0v) is 8.86. The second-order valence-corrected chi connectivity index (χ2v) is 3.77. The average molecular weight is 217 g/mol. The summed E-state index contributed by atoms with van der Waals surface area (Å²) in [5.41, 5.74) is 1.91. The molecule has 0 fully saturated rings. The summed E-state index contributed by atoms with van der Waals surface area (Å²) in [7, 11) is 0. The van der Waals surface area contributed by atoms with Crippen molar-refractivity contribution < 1.29 is 14.7 Å². The molecule has 16 heavy (non-hydrogen) atoms. The maximum Gasteiger partial charge on any atom is 0.303 e. The summed E-state index contributed by atoms with van der Waals surface area (Å²) in [5.74, 6) is -1.06. The van der Waals surface area contributed by atoms with Crippen LogP contribution in [0.5, 0.6) is 0 Å². The zero-order valence-electron chi connectivity index (χ0n) is 8.86. The van der Waals surface area contributed by atoms with Crippen molar-refractivity contribution in [1.82, 2.24) is 0 Å². The van der Waals surface area contributed by atoms with Gasteiger partial charge in [-0.1, -0.05) is 6.07 Å². The molecule has 0 atom stereocenters. The average Bonchev–Trinajstić information content (AvgIpc) is 2.58. The molecule has 0 radical (unpaired) electrons. The molecule has 4 nitrogen and oxygen atoms in total.